The highest BCUT2D eigenvalue weighted by atomic mass is 79.9. The molecule has 5 nitrogen and oxygen atoms in total. The fourth-order valence-electron chi connectivity index (χ4n) is 3.44. The van der Waals surface area contributed by atoms with Gasteiger partial charge in [0.15, 0.2) is 0 Å². The fourth-order valence-corrected chi connectivity index (χ4v) is 3.70. The lowest BCUT2D eigenvalue weighted by Crippen LogP contribution is -2.36. The molecule has 0 fully saturated rings. The summed E-state index contributed by atoms with van der Waals surface area (Å²) in [6, 6.07) is 13.5. The zero-order valence-electron chi connectivity index (χ0n) is 17.7. The molecule has 0 unspecified atom stereocenters. The van der Waals surface area contributed by atoms with Gasteiger partial charge >= 0.3 is 5.63 Å². The monoisotopic (exact) mass is 471 g/mol. The molecule has 3 rings (SSSR count). The number of benzene rings is 2. The number of ether oxygens (including phenoxy) is 1. The highest BCUT2D eigenvalue weighted by molar-refractivity contribution is 9.10. The van der Waals surface area contributed by atoms with Gasteiger partial charge in [0.2, 0.25) is 5.91 Å². The average molecular weight is 472 g/mol. The van der Waals surface area contributed by atoms with Crippen molar-refractivity contribution in [3.63, 3.8) is 0 Å². The molecule has 1 heterocycles. The molecule has 2 aromatic carbocycles. The summed E-state index contributed by atoms with van der Waals surface area (Å²) in [5, 5.41) is 3.85. The third kappa shape index (κ3) is 4.93. The molecule has 3 aromatic rings. The van der Waals surface area contributed by atoms with Crippen molar-refractivity contribution in [1.82, 2.24) is 5.32 Å². The van der Waals surface area contributed by atoms with Gasteiger partial charge in [0.1, 0.15) is 11.3 Å². The molecule has 1 N–H and O–H groups in total. The van der Waals surface area contributed by atoms with Crippen LogP contribution in [0.2, 0.25) is 0 Å². The summed E-state index contributed by atoms with van der Waals surface area (Å²) in [6.07, 6.45) is 0.560. The van der Waals surface area contributed by atoms with Crippen LogP contribution in [0.3, 0.4) is 0 Å². The Morgan fingerprint density at radius 2 is 1.87 bits per heavy atom. The van der Waals surface area contributed by atoms with E-state index >= 15 is 0 Å². The van der Waals surface area contributed by atoms with Gasteiger partial charge in [-0.1, -0.05) is 41.9 Å². The molecule has 0 spiro atoms. The Kier molecular flexibility index (Phi) is 6.66. The number of aryl methyl sites for hydroxylation is 1. The first-order valence-corrected chi connectivity index (χ1v) is 10.6. The molecular formula is C24H26BrNO4. The van der Waals surface area contributed by atoms with Gasteiger partial charge in [-0.25, -0.2) is 4.79 Å². The Morgan fingerprint density at radius 1 is 1.17 bits per heavy atom. The van der Waals surface area contributed by atoms with E-state index in [1.165, 1.54) is 0 Å². The smallest absolute Gasteiger partial charge is 0.339 e. The molecule has 0 radical (unpaired) electrons. The standard InChI is InChI=1S/C24H26BrNO4/c1-15-19-10-9-18(29-4)13-21(19)30-23(28)20(15)11-12-22(27)26-14-24(2,3)16-5-7-17(25)8-6-16/h5-10,13H,11-12,14H2,1-4H3,(H,26,27). The normalized spacial score (nSPS) is 11.5. The SMILES string of the molecule is COc1ccc2c(C)c(CCC(=O)NCC(C)(C)c3ccc(Br)cc3)c(=O)oc2c1. The maximum absolute atomic E-state index is 12.5. The van der Waals surface area contributed by atoms with E-state index in [1.807, 2.05) is 31.2 Å². The van der Waals surface area contributed by atoms with Crippen molar-refractivity contribution in [2.75, 3.05) is 13.7 Å². The molecule has 0 aliphatic rings. The number of halogens is 1. The van der Waals surface area contributed by atoms with Crippen molar-refractivity contribution in [2.45, 2.75) is 39.0 Å². The van der Waals surface area contributed by atoms with Crippen LogP contribution in [0, 0.1) is 6.92 Å². The summed E-state index contributed by atoms with van der Waals surface area (Å²) < 4.78 is 11.7. The number of carbonyl (C=O) groups excluding carboxylic acids is 1. The van der Waals surface area contributed by atoms with Gasteiger partial charge in [0.05, 0.1) is 7.11 Å². The lowest BCUT2D eigenvalue weighted by molar-refractivity contribution is -0.121. The van der Waals surface area contributed by atoms with Crippen LogP contribution >= 0.6 is 15.9 Å². The Hall–Kier alpha value is -2.60. The highest BCUT2D eigenvalue weighted by Gasteiger charge is 2.21. The maximum atomic E-state index is 12.5. The number of hydrogen-bond donors (Lipinski definition) is 1. The van der Waals surface area contributed by atoms with Gasteiger partial charge in [-0.2, -0.15) is 0 Å². The number of methoxy groups -OCH3 is 1. The summed E-state index contributed by atoms with van der Waals surface area (Å²) in [4.78, 5) is 24.9. The number of carbonyl (C=O) groups is 1. The molecular weight excluding hydrogens is 446 g/mol. The number of hydrogen-bond acceptors (Lipinski definition) is 4. The van der Waals surface area contributed by atoms with Crippen molar-refractivity contribution in [2.24, 2.45) is 0 Å². The van der Waals surface area contributed by atoms with Crippen LogP contribution in [0.4, 0.5) is 0 Å². The van der Waals surface area contributed by atoms with Crippen LogP contribution in [0.15, 0.2) is 56.1 Å². The molecule has 0 aliphatic carbocycles. The molecule has 1 aromatic heterocycles. The first kappa shape index (κ1) is 22.1. The Bertz CT molecular complexity index is 1120. The van der Waals surface area contributed by atoms with E-state index in [2.05, 4.69) is 47.2 Å². The van der Waals surface area contributed by atoms with Crippen LogP contribution < -0.4 is 15.7 Å². The lowest BCUT2D eigenvalue weighted by atomic mass is 9.84. The number of rotatable bonds is 7. The van der Waals surface area contributed by atoms with Gasteiger partial charge < -0.3 is 14.5 Å². The average Bonchev–Trinajstić information content (AvgIpc) is 2.72. The third-order valence-corrected chi connectivity index (χ3v) is 5.98. The van der Waals surface area contributed by atoms with Crippen molar-refractivity contribution >= 4 is 32.8 Å². The number of amides is 1. The quantitative estimate of drug-likeness (QED) is 0.497. The molecule has 0 bridgehead atoms. The Balaban J connectivity index is 1.66. The fraction of sp³-hybridized carbons (Fsp3) is 0.333. The molecule has 6 heteroatoms. The maximum Gasteiger partial charge on any atom is 0.339 e. The minimum Gasteiger partial charge on any atom is -0.497 e. The topological polar surface area (TPSA) is 68.5 Å². The van der Waals surface area contributed by atoms with Gasteiger partial charge in [0.25, 0.3) is 0 Å². The summed E-state index contributed by atoms with van der Waals surface area (Å²) >= 11 is 3.44. The summed E-state index contributed by atoms with van der Waals surface area (Å²) in [6.45, 7) is 6.58. The first-order chi connectivity index (χ1) is 14.2. The molecule has 0 saturated heterocycles. The van der Waals surface area contributed by atoms with Gasteiger partial charge in [-0.15, -0.1) is 0 Å². The minimum absolute atomic E-state index is 0.0891. The molecule has 158 valence electrons. The van der Waals surface area contributed by atoms with Crippen molar-refractivity contribution in [3.05, 3.63) is 74.0 Å². The summed E-state index contributed by atoms with van der Waals surface area (Å²) in [7, 11) is 1.57. The second kappa shape index (κ2) is 9.04. The zero-order chi connectivity index (χ0) is 21.9. The summed E-state index contributed by atoms with van der Waals surface area (Å²) in [5.41, 5.74) is 2.40. The zero-order valence-corrected chi connectivity index (χ0v) is 19.3. The van der Waals surface area contributed by atoms with Crippen LogP contribution in [0.5, 0.6) is 5.75 Å². The highest BCUT2D eigenvalue weighted by Crippen LogP contribution is 2.25. The van der Waals surface area contributed by atoms with E-state index in [4.69, 9.17) is 9.15 Å². The van der Waals surface area contributed by atoms with Gasteiger partial charge in [-0.05, 0) is 48.7 Å². The molecule has 0 aliphatic heterocycles. The second-order valence-electron chi connectivity index (χ2n) is 8.02. The largest absolute Gasteiger partial charge is 0.497 e. The molecule has 0 saturated carbocycles. The predicted octanol–water partition coefficient (Wildman–Crippen LogP) is 4.90. The lowest BCUT2D eigenvalue weighted by Gasteiger charge is -2.25. The van der Waals surface area contributed by atoms with E-state index in [-0.39, 0.29) is 17.7 Å². The van der Waals surface area contributed by atoms with E-state index < -0.39 is 5.63 Å². The van der Waals surface area contributed by atoms with Crippen LogP contribution in [-0.4, -0.2) is 19.6 Å². The van der Waals surface area contributed by atoms with E-state index in [0.29, 0.717) is 29.9 Å². The van der Waals surface area contributed by atoms with Crippen molar-refractivity contribution < 1.29 is 13.9 Å². The second-order valence-corrected chi connectivity index (χ2v) is 8.94. The van der Waals surface area contributed by atoms with E-state index in [0.717, 1.165) is 21.0 Å². The Morgan fingerprint density at radius 3 is 2.53 bits per heavy atom. The van der Waals surface area contributed by atoms with Crippen molar-refractivity contribution in [3.8, 4) is 5.75 Å². The predicted molar refractivity (Wildman–Crippen MR) is 122 cm³/mol. The van der Waals surface area contributed by atoms with Gasteiger partial charge in [-0.3, -0.25) is 4.79 Å². The van der Waals surface area contributed by atoms with E-state index in [1.54, 1.807) is 13.2 Å². The number of fused-ring (bicyclic) bond motifs is 1. The van der Waals surface area contributed by atoms with Crippen molar-refractivity contribution in [1.29, 1.82) is 0 Å². The Labute approximate surface area is 184 Å². The van der Waals surface area contributed by atoms with Crippen LogP contribution in [0.25, 0.3) is 11.0 Å². The minimum atomic E-state index is -0.406. The molecule has 1 amide bonds. The molecule has 30 heavy (non-hydrogen) atoms. The van der Waals surface area contributed by atoms with E-state index in [9.17, 15) is 9.59 Å². The van der Waals surface area contributed by atoms with Gasteiger partial charge in [0, 0.05) is 39.9 Å². The molecule has 0 atom stereocenters. The number of nitrogens with one attached hydrogen (secondary N) is 1. The third-order valence-electron chi connectivity index (χ3n) is 5.45. The van der Waals surface area contributed by atoms with Crippen LogP contribution in [0.1, 0.15) is 37.0 Å². The summed E-state index contributed by atoms with van der Waals surface area (Å²) in [5.74, 6) is 0.541. The van der Waals surface area contributed by atoms with Crippen LogP contribution in [-0.2, 0) is 16.6 Å². The first-order valence-electron chi connectivity index (χ1n) is 9.84.